The van der Waals surface area contributed by atoms with Crippen LogP contribution in [0.15, 0.2) is 36.4 Å². The highest BCUT2D eigenvalue weighted by Crippen LogP contribution is 2.25. The molecule has 2 aromatic carbocycles. The summed E-state index contributed by atoms with van der Waals surface area (Å²) in [6, 6.07) is 12.0. The zero-order chi connectivity index (χ0) is 14.0. The molecule has 0 bridgehead atoms. The fraction of sp³-hybridized carbons (Fsp3) is 0.250. The van der Waals surface area contributed by atoms with Gasteiger partial charge in [-0.25, -0.2) is 0 Å². The minimum Gasteiger partial charge on any atom is -0.388 e. The van der Waals surface area contributed by atoms with Crippen LogP contribution in [-0.2, 0) is 6.42 Å². The Balaban J connectivity index is 2.17. The van der Waals surface area contributed by atoms with Gasteiger partial charge in [0.05, 0.1) is 11.1 Å². The Morgan fingerprint density at radius 3 is 2.47 bits per heavy atom. The number of aryl methyl sites for hydroxylation is 2. The smallest absolute Gasteiger partial charge is 0.0830 e. The van der Waals surface area contributed by atoms with Crippen LogP contribution >= 0.6 is 34.2 Å². The SMILES string of the molecule is Cc1ccc(CC(O)c2ccc(I)c(Cl)c2)cc1C. The van der Waals surface area contributed by atoms with E-state index in [1.807, 2.05) is 18.2 Å². The van der Waals surface area contributed by atoms with E-state index in [2.05, 4.69) is 54.6 Å². The summed E-state index contributed by atoms with van der Waals surface area (Å²) in [5, 5.41) is 11.0. The minimum absolute atomic E-state index is 0.517. The van der Waals surface area contributed by atoms with E-state index in [-0.39, 0.29) is 0 Å². The number of halogens is 2. The number of hydrogen-bond donors (Lipinski definition) is 1. The number of benzene rings is 2. The predicted molar refractivity (Wildman–Crippen MR) is 88.7 cm³/mol. The van der Waals surface area contributed by atoms with Crippen LogP contribution < -0.4 is 0 Å². The van der Waals surface area contributed by atoms with E-state index in [4.69, 9.17) is 11.6 Å². The molecular weight excluding hydrogens is 371 g/mol. The average molecular weight is 387 g/mol. The van der Waals surface area contributed by atoms with Crippen molar-refractivity contribution in [2.75, 3.05) is 0 Å². The van der Waals surface area contributed by atoms with E-state index in [0.29, 0.717) is 11.4 Å². The van der Waals surface area contributed by atoms with Gasteiger partial charge in [0, 0.05) is 9.99 Å². The van der Waals surface area contributed by atoms with Crippen LogP contribution in [0.1, 0.15) is 28.4 Å². The summed E-state index contributed by atoms with van der Waals surface area (Å²) in [4.78, 5) is 0. The third kappa shape index (κ3) is 3.71. The Morgan fingerprint density at radius 1 is 1.11 bits per heavy atom. The third-order valence-electron chi connectivity index (χ3n) is 3.33. The highest BCUT2D eigenvalue weighted by molar-refractivity contribution is 14.1. The van der Waals surface area contributed by atoms with Gasteiger partial charge in [-0.3, -0.25) is 0 Å². The number of aliphatic hydroxyl groups excluding tert-OH is 1. The Kier molecular flexibility index (Phi) is 4.87. The molecule has 0 heterocycles. The highest BCUT2D eigenvalue weighted by Gasteiger charge is 2.10. The molecule has 3 heteroatoms. The fourth-order valence-electron chi connectivity index (χ4n) is 1.99. The van der Waals surface area contributed by atoms with E-state index in [0.717, 1.165) is 14.7 Å². The molecule has 2 aromatic rings. The van der Waals surface area contributed by atoms with E-state index < -0.39 is 6.10 Å². The quantitative estimate of drug-likeness (QED) is 0.749. The average Bonchev–Trinajstić information content (AvgIpc) is 2.37. The van der Waals surface area contributed by atoms with E-state index in [1.165, 1.54) is 11.1 Å². The highest BCUT2D eigenvalue weighted by atomic mass is 127. The summed E-state index contributed by atoms with van der Waals surface area (Å²) < 4.78 is 1.00. The van der Waals surface area contributed by atoms with Crippen LogP contribution in [-0.4, -0.2) is 5.11 Å². The van der Waals surface area contributed by atoms with Crippen LogP contribution in [0.2, 0.25) is 5.02 Å². The first kappa shape index (κ1) is 14.8. The van der Waals surface area contributed by atoms with Gasteiger partial charge < -0.3 is 5.11 Å². The first-order chi connectivity index (χ1) is 8.97. The summed E-state index contributed by atoms with van der Waals surface area (Å²) >= 11 is 8.27. The van der Waals surface area contributed by atoms with Gasteiger partial charge in [-0.15, -0.1) is 0 Å². The molecule has 0 amide bonds. The van der Waals surface area contributed by atoms with Crippen LogP contribution in [0.5, 0.6) is 0 Å². The van der Waals surface area contributed by atoms with E-state index in [9.17, 15) is 5.11 Å². The molecule has 0 aliphatic rings. The molecule has 1 N–H and O–H groups in total. The maximum Gasteiger partial charge on any atom is 0.0830 e. The van der Waals surface area contributed by atoms with Crippen molar-refractivity contribution in [1.29, 1.82) is 0 Å². The second kappa shape index (κ2) is 6.25. The Labute approximate surface area is 132 Å². The molecule has 0 radical (unpaired) electrons. The van der Waals surface area contributed by atoms with Gasteiger partial charge in [-0.05, 0) is 70.8 Å². The monoisotopic (exact) mass is 386 g/mol. The van der Waals surface area contributed by atoms with Crippen molar-refractivity contribution in [2.45, 2.75) is 26.4 Å². The summed E-state index contributed by atoms with van der Waals surface area (Å²) in [7, 11) is 0. The molecule has 0 saturated carbocycles. The molecule has 0 fully saturated rings. The molecule has 2 rings (SSSR count). The van der Waals surface area contributed by atoms with Gasteiger partial charge in [0.2, 0.25) is 0 Å². The van der Waals surface area contributed by atoms with Crippen molar-refractivity contribution >= 4 is 34.2 Å². The maximum absolute atomic E-state index is 10.3. The topological polar surface area (TPSA) is 20.2 Å². The van der Waals surface area contributed by atoms with Crippen molar-refractivity contribution < 1.29 is 5.11 Å². The van der Waals surface area contributed by atoms with E-state index in [1.54, 1.807) is 0 Å². The predicted octanol–water partition coefficient (Wildman–Crippen LogP) is 4.84. The van der Waals surface area contributed by atoms with Crippen LogP contribution in [0.3, 0.4) is 0 Å². The lowest BCUT2D eigenvalue weighted by atomic mass is 9.98. The number of aliphatic hydroxyl groups is 1. The Morgan fingerprint density at radius 2 is 1.84 bits per heavy atom. The van der Waals surface area contributed by atoms with E-state index >= 15 is 0 Å². The van der Waals surface area contributed by atoms with Gasteiger partial charge >= 0.3 is 0 Å². The minimum atomic E-state index is -0.517. The van der Waals surface area contributed by atoms with Crippen molar-refractivity contribution in [1.82, 2.24) is 0 Å². The number of rotatable bonds is 3. The maximum atomic E-state index is 10.3. The molecule has 0 saturated heterocycles. The molecule has 0 aromatic heterocycles. The molecule has 1 atom stereocenters. The second-order valence-electron chi connectivity index (χ2n) is 4.81. The fourth-order valence-corrected chi connectivity index (χ4v) is 2.52. The van der Waals surface area contributed by atoms with Gasteiger partial charge in [-0.1, -0.05) is 35.9 Å². The Hall–Kier alpha value is -0.580. The van der Waals surface area contributed by atoms with Crippen LogP contribution in [0.25, 0.3) is 0 Å². The van der Waals surface area contributed by atoms with Crippen molar-refractivity contribution in [3.05, 3.63) is 67.2 Å². The van der Waals surface area contributed by atoms with Gasteiger partial charge in [0.15, 0.2) is 0 Å². The van der Waals surface area contributed by atoms with Crippen LogP contribution in [0.4, 0.5) is 0 Å². The summed E-state index contributed by atoms with van der Waals surface area (Å²) in [6.07, 6.45) is 0.0921. The lowest BCUT2D eigenvalue weighted by molar-refractivity contribution is 0.178. The van der Waals surface area contributed by atoms with Crippen molar-refractivity contribution in [3.8, 4) is 0 Å². The normalized spacial score (nSPS) is 12.5. The second-order valence-corrected chi connectivity index (χ2v) is 6.38. The summed E-state index contributed by atoms with van der Waals surface area (Å²) in [5.74, 6) is 0. The summed E-state index contributed by atoms with van der Waals surface area (Å²) in [6.45, 7) is 4.18. The molecular formula is C16H16ClIO. The number of hydrogen-bond acceptors (Lipinski definition) is 1. The van der Waals surface area contributed by atoms with Gasteiger partial charge in [-0.2, -0.15) is 0 Å². The Bertz CT molecular complexity index is 595. The molecule has 100 valence electrons. The van der Waals surface area contributed by atoms with Crippen molar-refractivity contribution in [3.63, 3.8) is 0 Å². The molecule has 0 spiro atoms. The lowest BCUT2D eigenvalue weighted by Crippen LogP contribution is -2.02. The van der Waals surface area contributed by atoms with Gasteiger partial charge in [0.1, 0.15) is 0 Å². The van der Waals surface area contributed by atoms with Gasteiger partial charge in [0.25, 0.3) is 0 Å². The largest absolute Gasteiger partial charge is 0.388 e. The standard InChI is InChI=1S/C16H16ClIO/c1-10-3-4-12(7-11(10)2)8-16(19)13-5-6-15(18)14(17)9-13/h3-7,9,16,19H,8H2,1-2H3. The zero-order valence-electron chi connectivity index (χ0n) is 11.0. The lowest BCUT2D eigenvalue weighted by Gasteiger charge is -2.13. The molecule has 1 unspecified atom stereocenters. The first-order valence-electron chi connectivity index (χ1n) is 6.16. The first-order valence-corrected chi connectivity index (χ1v) is 7.62. The molecule has 0 aliphatic heterocycles. The molecule has 1 nitrogen and oxygen atoms in total. The summed E-state index contributed by atoms with van der Waals surface area (Å²) in [5.41, 5.74) is 4.54. The molecule has 19 heavy (non-hydrogen) atoms. The van der Waals surface area contributed by atoms with Crippen molar-refractivity contribution in [2.24, 2.45) is 0 Å². The molecule has 0 aliphatic carbocycles. The third-order valence-corrected chi connectivity index (χ3v) is 4.90. The van der Waals surface area contributed by atoms with Crippen LogP contribution in [0, 0.1) is 17.4 Å². The zero-order valence-corrected chi connectivity index (χ0v) is 13.9.